The van der Waals surface area contributed by atoms with E-state index in [9.17, 15) is 5.11 Å². The zero-order valence-corrected chi connectivity index (χ0v) is 12.5. The Labute approximate surface area is 127 Å². The molecule has 106 valence electrons. The van der Waals surface area contributed by atoms with Gasteiger partial charge in [-0.05, 0) is 12.1 Å². The van der Waals surface area contributed by atoms with Gasteiger partial charge in [-0.25, -0.2) is 0 Å². The van der Waals surface area contributed by atoms with Gasteiger partial charge in [0, 0.05) is 29.7 Å². The van der Waals surface area contributed by atoms with Crippen LogP contribution in [0.15, 0.2) is 34.7 Å². The number of amidine groups is 1. The molecule has 1 atom stereocenters. The predicted octanol–water partition coefficient (Wildman–Crippen LogP) is 2.42. The highest BCUT2D eigenvalue weighted by Gasteiger charge is 2.26. The maximum atomic E-state index is 9.49. The maximum Gasteiger partial charge on any atom is 0.168 e. The van der Waals surface area contributed by atoms with Gasteiger partial charge in [0.25, 0.3) is 0 Å². The zero-order chi connectivity index (χ0) is 13.9. The Morgan fingerprint density at radius 2 is 2.40 bits per heavy atom. The van der Waals surface area contributed by atoms with E-state index in [1.165, 1.54) is 5.70 Å². The normalized spacial score (nSPS) is 18.6. The lowest BCUT2D eigenvalue weighted by molar-refractivity contribution is 0.211. The van der Waals surface area contributed by atoms with Crippen molar-refractivity contribution in [1.82, 2.24) is 4.90 Å². The fourth-order valence-electron chi connectivity index (χ4n) is 2.23. The minimum Gasteiger partial charge on any atom is -0.390 e. The van der Waals surface area contributed by atoms with Crippen molar-refractivity contribution in [2.24, 2.45) is 4.99 Å². The van der Waals surface area contributed by atoms with Gasteiger partial charge in [-0.3, -0.25) is 4.99 Å². The third-order valence-electron chi connectivity index (χ3n) is 3.25. The van der Waals surface area contributed by atoms with E-state index in [0.29, 0.717) is 6.54 Å². The molecule has 1 aromatic carbocycles. The molecule has 20 heavy (non-hydrogen) atoms. The molecule has 2 N–H and O–H groups in total. The van der Waals surface area contributed by atoms with Crippen LogP contribution in [-0.2, 0) is 0 Å². The summed E-state index contributed by atoms with van der Waals surface area (Å²) < 4.78 is 0. The van der Waals surface area contributed by atoms with Crippen LogP contribution in [0.1, 0.15) is 5.56 Å². The van der Waals surface area contributed by atoms with Crippen LogP contribution in [0, 0.1) is 0 Å². The molecule has 1 aromatic rings. The van der Waals surface area contributed by atoms with E-state index in [-0.39, 0.29) is 5.88 Å². The van der Waals surface area contributed by atoms with Crippen molar-refractivity contribution in [2.45, 2.75) is 6.10 Å². The molecule has 1 unspecified atom stereocenters. The molecule has 0 spiro atoms. The number of aliphatic imine (C=N–C) groups is 1. The third-order valence-corrected chi connectivity index (χ3v) is 4.50. The Morgan fingerprint density at radius 1 is 1.50 bits per heavy atom. The number of hydrogen-bond donors (Lipinski definition) is 2. The number of nitrogens with zero attached hydrogens (tertiary/aromatic N) is 2. The van der Waals surface area contributed by atoms with E-state index < -0.39 is 6.10 Å². The summed E-state index contributed by atoms with van der Waals surface area (Å²) in [7, 11) is 0. The van der Waals surface area contributed by atoms with Gasteiger partial charge in [-0.1, -0.05) is 23.9 Å². The first-order valence-corrected chi connectivity index (χ1v) is 7.96. The Bertz CT molecular complexity index is 561. The molecule has 0 fully saturated rings. The van der Waals surface area contributed by atoms with Gasteiger partial charge < -0.3 is 15.3 Å². The summed E-state index contributed by atoms with van der Waals surface area (Å²) in [5.41, 5.74) is 3.35. The molecule has 0 saturated carbocycles. The number of fused-ring (bicyclic) bond motifs is 1. The molecular weight excluding hydrogens is 294 g/mol. The van der Waals surface area contributed by atoms with Crippen LogP contribution in [0.2, 0.25) is 0 Å². The highest BCUT2D eigenvalue weighted by atomic mass is 35.5. The SMILES string of the molecule is OC(CCl)CNc1cccc(C2=CSC3=NCCN23)c1. The molecule has 0 aliphatic carbocycles. The van der Waals surface area contributed by atoms with Crippen molar-refractivity contribution >= 4 is 39.9 Å². The first-order chi connectivity index (χ1) is 9.78. The third kappa shape index (κ3) is 2.80. The second-order valence-corrected chi connectivity index (χ2v) is 5.85. The lowest BCUT2D eigenvalue weighted by atomic mass is 10.1. The van der Waals surface area contributed by atoms with Crippen molar-refractivity contribution in [3.8, 4) is 0 Å². The Kier molecular flexibility index (Phi) is 4.19. The second kappa shape index (κ2) is 6.08. The largest absolute Gasteiger partial charge is 0.390 e. The summed E-state index contributed by atoms with van der Waals surface area (Å²) in [4.78, 5) is 6.70. The average molecular weight is 310 g/mol. The average Bonchev–Trinajstić information content (AvgIpc) is 3.07. The van der Waals surface area contributed by atoms with Crippen molar-refractivity contribution in [3.05, 3.63) is 35.2 Å². The van der Waals surface area contributed by atoms with Gasteiger partial charge in [0.05, 0.1) is 24.2 Å². The van der Waals surface area contributed by atoms with E-state index in [4.69, 9.17) is 11.6 Å². The number of hydrogen-bond acceptors (Lipinski definition) is 5. The number of thioether (sulfide) groups is 1. The van der Waals surface area contributed by atoms with Crippen LogP contribution in [0.4, 0.5) is 5.69 Å². The van der Waals surface area contributed by atoms with E-state index in [1.54, 1.807) is 11.8 Å². The smallest absolute Gasteiger partial charge is 0.168 e. The summed E-state index contributed by atoms with van der Waals surface area (Å²) in [5.74, 6) is 0.238. The lowest BCUT2D eigenvalue weighted by Crippen LogP contribution is -2.21. The van der Waals surface area contributed by atoms with E-state index in [2.05, 4.69) is 32.7 Å². The van der Waals surface area contributed by atoms with Gasteiger partial charge in [0.1, 0.15) is 0 Å². The second-order valence-electron chi connectivity index (χ2n) is 4.71. The highest BCUT2D eigenvalue weighted by Crippen LogP contribution is 2.35. The van der Waals surface area contributed by atoms with Crippen molar-refractivity contribution in [2.75, 3.05) is 30.8 Å². The van der Waals surface area contributed by atoms with Gasteiger partial charge in [-0.2, -0.15) is 0 Å². The van der Waals surface area contributed by atoms with Crippen LogP contribution in [0.5, 0.6) is 0 Å². The number of aliphatic hydroxyl groups is 1. The van der Waals surface area contributed by atoms with Crippen LogP contribution in [0.25, 0.3) is 5.70 Å². The Morgan fingerprint density at radius 3 is 3.25 bits per heavy atom. The van der Waals surface area contributed by atoms with E-state index in [0.717, 1.165) is 29.5 Å². The minimum atomic E-state index is -0.529. The molecule has 2 heterocycles. The molecular formula is C14H16ClN3OS. The summed E-state index contributed by atoms with van der Waals surface area (Å²) >= 11 is 7.27. The molecule has 0 radical (unpaired) electrons. The highest BCUT2D eigenvalue weighted by molar-refractivity contribution is 8.16. The number of benzene rings is 1. The number of anilines is 1. The summed E-state index contributed by atoms with van der Waals surface area (Å²) in [6.45, 7) is 2.29. The molecule has 0 amide bonds. The van der Waals surface area contributed by atoms with Crippen molar-refractivity contribution in [3.63, 3.8) is 0 Å². The molecule has 4 nitrogen and oxygen atoms in total. The number of alkyl halides is 1. The Hall–Kier alpha value is -1.17. The number of nitrogens with one attached hydrogen (secondary N) is 1. The molecule has 0 saturated heterocycles. The molecule has 2 aliphatic rings. The van der Waals surface area contributed by atoms with Crippen molar-refractivity contribution in [1.29, 1.82) is 0 Å². The molecule has 0 aromatic heterocycles. The molecule has 2 aliphatic heterocycles. The Balaban J connectivity index is 1.73. The molecule has 0 bridgehead atoms. The van der Waals surface area contributed by atoms with Gasteiger partial charge in [0.15, 0.2) is 5.17 Å². The van der Waals surface area contributed by atoms with E-state index in [1.807, 2.05) is 12.1 Å². The van der Waals surface area contributed by atoms with Crippen molar-refractivity contribution < 1.29 is 5.11 Å². The summed E-state index contributed by atoms with van der Waals surface area (Å²) in [5, 5.41) is 15.9. The van der Waals surface area contributed by atoms with Crippen LogP contribution in [-0.4, -0.2) is 46.8 Å². The topological polar surface area (TPSA) is 47.9 Å². The predicted molar refractivity (Wildman–Crippen MR) is 86.2 cm³/mol. The van der Waals surface area contributed by atoms with Gasteiger partial charge in [0.2, 0.25) is 0 Å². The van der Waals surface area contributed by atoms with Crippen LogP contribution in [0.3, 0.4) is 0 Å². The number of aliphatic hydroxyl groups excluding tert-OH is 1. The zero-order valence-electron chi connectivity index (χ0n) is 10.9. The fraction of sp³-hybridized carbons (Fsp3) is 0.357. The molecule has 6 heteroatoms. The number of rotatable bonds is 5. The van der Waals surface area contributed by atoms with Crippen LogP contribution >= 0.6 is 23.4 Å². The van der Waals surface area contributed by atoms with Crippen LogP contribution < -0.4 is 5.32 Å². The molecule has 3 rings (SSSR count). The lowest BCUT2D eigenvalue weighted by Gasteiger charge is -2.17. The number of halogens is 1. The fourth-order valence-corrected chi connectivity index (χ4v) is 3.30. The monoisotopic (exact) mass is 309 g/mol. The van der Waals surface area contributed by atoms with Gasteiger partial charge >= 0.3 is 0 Å². The first kappa shape index (κ1) is 13.8. The summed E-state index contributed by atoms with van der Waals surface area (Å²) in [6.07, 6.45) is -0.529. The first-order valence-electron chi connectivity index (χ1n) is 6.55. The standard InChI is InChI=1S/C14H16ClN3OS/c15-7-12(19)8-17-11-3-1-2-10(6-11)13-9-20-14-16-4-5-18(13)14/h1-3,6,9,12,17,19H,4-5,7-8H2. The minimum absolute atomic E-state index is 0.238. The van der Waals surface area contributed by atoms with E-state index >= 15 is 0 Å². The summed E-state index contributed by atoms with van der Waals surface area (Å²) in [6, 6.07) is 8.19. The quantitative estimate of drug-likeness (QED) is 0.820. The van der Waals surface area contributed by atoms with Gasteiger partial charge in [-0.15, -0.1) is 11.6 Å². The maximum absolute atomic E-state index is 9.49.